The maximum absolute atomic E-state index is 5.74. The van der Waals surface area contributed by atoms with Crippen LogP contribution in [0.2, 0.25) is 6.04 Å². The van der Waals surface area contributed by atoms with Crippen LogP contribution in [0.15, 0.2) is 11.6 Å². The van der Waals surface area contributed by atoms with Gasteiger partial charge < -0.3 is 0 Å². The van der Waals surface area contributed by atoms with Crippen LogP contribution in [0.1, 0.15) is 39.5 Å². The third-order valence-corrected chi connectivity index (χ3v) is 2.85. The van der Waals surface area contributed by atoms with Crippen molar-refractivity contribution in [1.29, 1.82) is 0 Å². The fourth-order valence-corrected chi connectivity index (χ4v) is 2.07. The lowest BCUT2D eigenvalue weighted by molar-refractivity contribution is 0.801. The van der Waals surface area contributed by atoms with Crippen LogP contribution in [0.3, 0.4) is 0 Å². The Balaban J connectivity index is 3.66. The van der Waals surface area contributed by atoms with E-state index in [0.717, 1.165) is 0 Å². The van der Waals surface area contributed by atoms with Crippen molar-refractivity contribution in [3.8, 4) is 0 Å². The molecule has 0 aliphatic rings. The zero-order chi connectivity index (χ0) is 8.53. The van der Waals surface area contributed by atoms with Crippen molar-refractivity contribution in [3.63, 3.8) is 0 Å². The number of hydrogen-bond donors (Lipinski definition) is 0. The topological polar surface area (TPSA) is 0 Å². The van der Waals surface area contributed by atoms with Crippen LogP contribution in [0.4, 0.5) is 0 Å². The molecule has 0 aliphatic heterocycles. The Labute approximate surface area is 77.6 Å². The molecule has 0 bridgehead atoms. The molecule has 0 heterocycles. The van der Waals surface area contributed by atoms with Gasteiger partial charge in [0.15, 0.2) is 0 Å². The second-order valence-electron chi connectivity index (χ2n) is 2.84. The molecule has 0 aromatic carbocycles. The number of halogens is 1. The van der Waals surface area contributed by atoms with Crippen molar-refractivity contribution in [2.24, 2.45) is 0 Å². The average molecular weight is 191 g/mol. The van der Waals surface area contributed by atoms with Gasteiger partial charge in [-0.1, -0.05) is 38.3 Å². The molecule has 0 spiro atoms. The summed E-state index contributed by atoms with van der Waals surface area (Å²) in [4.78, 5) is 0. The Morgan fingerprint density at radius 3 is 2.18 bits per heavy atom. The Bertz CT molecular complexity index is 102. The summed E-state index contributed by atoms with van der Waals surface area (Å²) in [7, 11) is -0.267. The second kappa shape index (κ2) is 8.34. The van der Waals surface area contributed by atoms with E-state index in [1.807, 2.05) is 0 Å². The highest BCUT2D eigenvalue weighted by Gasteiger charge is 1.93. The van der Waals surface area contributed by atoms with Gasteiger partial charge in [-0.15, -0.1) is 0 Å². The van der Waals surface area contributed by atoms with E-state index in [1.165, 1.54) is 31.7 Å². The molecule has 0 fully saturated rings. The predicted octanol–water partition coefficient (Wildman–Crippen LogP) is 3.25. The van der Waals surface area contributed by atoms with E-state index < -0.39 is 0 Å². The van der Waals surface area contributed by atoms with Crippen LogP contribution in [0.25, 0.3) is 0 Å². The Morgan fingerprint density at radius 1 is 1.27 bits per heavy atom. The summed E-state index contributed by atoms with van der Waals surface area (Å²) in [5, 5.41) is 0. The largest absolute Gasteiger partial charge is 0.176 e. The molecule has 0 aliphatic carbocycles. The maximum Gasteiger partial charge on any atom is 0.129 e. The quantitative estimate of drug-likeness (QED) is 0.343. The highest BCUT2D eigenvalue weighted by Crippen LogP contribution is 2.12. The van der Waals surface area contributed by atoms with Gasteiger partial charge in [0.1, 0.15) is 8.83 Å². The van der Waals surface area contributed by atoms with Gasteiger partial charge in [-0.05, 0) is 18.9 Å². The second-order valence-corrected chi connectivity index (χ2v) is 4.93. The Kier molecular flexibility index (Phi) is 8.53. The highest BCUT2D eigenvalue weighted by atomic mass is 35.6. The van der Waals surface area contributed by atoms with Crippen molar-refractivity contribution in [2.45, 2.75) is 45.6 Å². The molecule has 66 valence electrons. The molecule has 0 atom stereocenters. The molecule has 0 rings (SSSR count). The van der Waals surface area contributed by atoms with Crippen LogP contribution >= 0.6 is 11.1 Å². The number of allylic oxidation sites excluding steroid dienone is 2. The van der Waals surface area contributed by atoms with Crippen molar-refractivity contribution in [1.82, 2.24) is 0 Å². The van der Waals surface area contributed by atoms with E-state index in [4.69, 9.17) is 11.1 Å². The lowest BCUT2D eigenvalue weighted by Gasteiger charge is -2.02. The fourth-order valence-electron chi connectivity index (χ4n) is 1.23. The summed E-state index contributed by atoms with van der Waals surface area (Å²) < 4.78 is 0. The number of hydrogen-bond acceptors (Lipinski definition) is 0. The van der Waals surface area contributed by atoms with Crippen LogP contribution in [0.5, 0.6) is 0 Å². The summed E-state index contributed by atoms with van der Waals surface area (Å²) in [6.45, 7) is 4.48. The van der Waals surface area contributed by atoms with Crippen LogP contribution < -0.4 is 0 Å². The molecule has 0 amide bonds. The molecule has 0 aromatic rings. The standard InChI is InChI=1S/C9H19ClSi/c1-3-5-9(6-4-2)7-8-11-10/h7H,3-6,8,11H2,1-2H3. The van der Waals surface area contributed by atoms with Gasteiger partial charge in [-0.3, -0.25) is 0 Å². The first kappa shape index (κ1) is 11.2. The zero-order valence-electron chi connectivity index (χ0n) is 7.70. The van der Waals surface area contributed by atoms with Gasteiger partial charge >= 0.3 is 0 Å². The van der Waals surface area contributed by atoms with Gasteiger partial charge in [0.2, 0.25) is 0 Å². The summed E-state index contributed by atoms with van der Waals surface area (Å²) in [6.07, 6.45) is 7.47. The summed E-state index contributed by atoms with van der Waals surface area (Å²) in [5.41, 5.74) is 1.63. The minimum Gasteiger partial charge on any atom is -0.176 e. The van der Waals surface area contributed by atoms with Crippen molar-refractivity contribution in [2.75, 3.05) is 0 Å². The SMILES string of the molecule is CCCC(=CC[SiH2]Cl)CCC. The molecule has 0 saturated carbocycles. The van der Waals surface area contributed by atoms with Crippen LogP contribution in [-0.2, 0) is 0 Å². The molecule has 0 aromatic heterocycles. The predicted molar refractivity (Wildman–Crippen MR) is 57.1 cm³/mol. The third kappa shape index (κ3) is 6.64. The Hall–Kier alpha value is 0.247. The van der Waals surface area contributed by atoms with E-state index in [2.05, 4.69) is 19.9 Å². The average Bonchev–Trinajstić information content (AvgIpc) is 2.01. The minimum atomic E-state index is -0.267. The first-order valence-electron chi connectivity index (χ1n) is 4.59. The molecule has 2 heteroatoms. The molecule has 0 saturated heterocycles. The third-order valence-electron chi connectivity index (χ3n) is 1.68. The van der Waals surface area contributed by atoms with E-state index in [1.54, 1.807) is 5.57 Å². The first-order chi connectivity index (χ1) is 5.35. The van der Waals surface area contributed by atoms with Crippen molar-refractivity contribution < 1.29 is 0 Å². The molecular formula is C9H19ClSi. The molecular weight excluding hydrogens is 172 g/mol. The van der Waals surface area contributed by atoms with E-state index in [9.17, 15) is 0 Å². The van der Waals surface area contributed by atoms with Crippen molar-refractivity contribution in [3.05, 3.63) is 11.6 Å². The first-order valence-corrected chi connectivity index (χ1v) is 7.72. The molecule has 0 nitrogen and oxygen atoms in total. The van der Waals surface area contributed by atoms with E-state index >= 15 is 0 Å². The normalized spacial score (nSPS) is 10.8. The van der Waals surface area contributed by atoms with Crippen LogP contribution in [-0.4, -0.2) is 8.83 Å². The van der Waals surface area contributed by atoms with Gasteiger partial charge in [0, 0.05) is 0 Å². The van der Waals surface area contributed by atoms with Crippen LogP contribution in [0, 0.1) is 0 Å². The molecule has 0 radical (unpaired) electrons. The lowest BCUT2D eigenvalue weighted by atomic mass is 10.1. The molecule has 0 N–H and O–H groups in total. The smallest absolute Gasteiger partial charge is 0.129 e. The zero-order valence-corrected chi connectivity index (χ0v) is 9.87. The van der Waals surface area contributed by atoms with E-state index in [0.29, 0.717) is 0 Å². The highest BCUT2D eigenvalue weighted by molar-refractivity contribution is 6.93. The lowest BCUT2D eigenvalue weighted by Crippen LogP contribution is -1.84. The van der Waals surface area contributed by atoms with Gasteiger partial charge in [0.25, 0.3) is 0 Å². The van der Waals surface area contributed by atoms with Gasteiger partial charge in [0.05, 0.1) is 0 Å². The van der Waals surface area contributed by atoms with Crippen molar-refractivity contribution >= 4 is 19.9 Å². The van der Waals surface area contributed by atoms with E-state index in [-0.39, 0.29) is 8.83 Å². The van der Waals surface area contributed by atoms with Gasteiger partial charge in [-0.25, -0.2) is 0 Å². The summed E-state index contributed by atoms with van der Waals surface area (Å²) in [6, 6.07) is 1.18. The minimum absolute atomic E-state index is 0.267. The summed E-state index contributed by atoms with van der Waals surface area (Å²) >= 11 is 5.74. The molecule has 11 heavy (non-hydrogen) atoms. The van der Waals surface area contributed by atoms with Gasteiger partial charge in [-0.2, -0.15) is 11.1 Å². The monoisotopic (exact) mass is 190 g/mol. The number of rotatable bonds is 6. The Morgan fingerprint density at radius 2 is 1.82 bits per heavy atom. The maximum atomic E-state index is 5.74. The summed E-state index contributed by atoms with van der Waals surface area (Å²) in [5.74, 6) is 0. The molecule has 0 unspecified atom stereocenters. The fraction of sp³-hybridized carbons (Fsp3) is 0.778.